The Bertz CT molecular complexity index is 591. The molecule has 0 radical (unpaired) electrons. The summed E-state index contributed by atoms with van der Waals surface area (Å²) in [7, 11) is 0. The predicted molar refractivity (Wildman–Crippen MR) is 78.8 cm³/mol. The van der Waals surface area contributed by atoms with Crippen molar-refractivity contribution >= 4 is 11.6 Å². The van der Waals surface area contributed by atoms with Crippen LogP contribution in [0.25, 0.3) is 0 Å². The standard InChI is InChI=1S/C15H17ClFN3O/c16-14-9-12(17)1-2-13(14)15-10-19(7-8-21-15)5-6-20-4-3-18-11-20/h1-4,9,11,15H,5-8,10H2/t15-/m0/s1. The fraction of sp³-hybridized carbons (Fsp3) is 0.400. The molecule has 0 aliphatic carbocycles. The topological polar surface area (TPSA) is 30.3 Å². The van der Waals surface area contributed by atoms with Gasteiger partial charge in [-0.2, -0.15) is 0 Å². The Morgan fingerprint density at radius 3 is 3.05 bits per heavy atom. The first-order valence-corrected chi connectivity index (χ1v) is 7.35. The van der Waals surface area contributed by atoms with E-state index in [0.29, 0.717) is 11.6 Å². The molecule has 1 atom stereocenters. The van der Waals surface area contributed by atoms with Crippen molar-refractivity contribution in [1.29, 1.82) is 0 Å². The Labute approximate surface area is 128 Å². The number of morpholine rings is 1. The zero-order chi connectivity index (χ0) is 14.7. The van der Waals surface area contributed by atoms with E-state index in [9.17, 15) is 4.39 Å². The van der Waals surface area contributed by atoms with E-state index in [4.69, 9.17) is 16.3 Å². The molecule has 3 rings (SSSR count). The minimum absolute atomic E-state index is 0.102. The quantitative estimate of drug-likeness (QED) is 0.870. The molecule has 1 fully saturated rings. The third-order valence-electron chi connectivity index (χ3n) is 3.69. The Hall–Kier alpha value is -1.43. The molecule has 112 valence electrons. The maximum Gasteiger partial charge on any atom is 0.124 e. The molecule has 0 bridgehead atoms. The highest BCUT2D eigenvalue weighted by Gasteiger charge is 2.23. The summed E-state index contributed by atoms with van der Waals surface area (Å²) in [5.74, 6) is -0.323. The smallest absolute Gasteiger partial charge is 0.124 e. The van der Waals surface area contributed by atoms with E-state index in [-0.39, 0.29) is 11.9 Å². The summed E-state index contributed by atoms with van der Waals surface area (Å²) in [5, 5.41) is 0.427. The average Bonchev–Trinajstić information content (AvgIpc) is 2.99. The molecule has 1 aliphatic heterocycles. The molecule has 0 N–H and O–H groups in total. The van der Waals surface area contributed by atoms with Gasteiger partial charge in [-0.1, -0.05) is 17.7 Å². The summed E-state index contributed by atoms with van der Waals surface area (Å²) in [6.07, 6.45) is 5.44. The number of rotatable bonds is 4. The normalized spacial score (nSPS) is 19.8. The van der Waals surface area contributed by atoms with Gasteiger partial charge in [0.1, 0.15) is 5.82 Å². The molecule has 2 heterocycles. The molecule has 6 heteroatoms. The highest BCUT2D eigenvalue weighted by Crippen LogP contribution is 2.29. The van der Waals surface area contributed by atoms with Crippen LogP contribution < -0.4 is 0 Å². The Balaban J connectivity index is 1.62. The van der Waals surface area contributed by atoms with E-state index >= 15 is 0 Å². The first-order chi connectivity index (χ1) is 10.2. The largest absolute Gasteiger partial charge is 0.371 e. The van der Waals surface area contributed by atoms with Crippen LogP contribution in [-0.4, -0.2) is 40.7 Å². The van der Waals surface area contributed by atoms with E-state index in [0.717, 1.165) is 31.7 Å². The Morgan fingerprint density at radius 2 is 2.29 bits per heavy atom. The van der Waals surface area contributed by atoms with Crippen LogP contribution in [0.15, 0.2) is 36.9 Å². The number of hydrogen-bond acceptors (Lipinski definition) is 3. The monoisotopic (exact) mass is 309 g/mol. The number of halogens is 2. The maximum absolute atomic E-state index is 13.1. The van der Waals surface area contributed by atoms with Crippen molar-refractivity contribution in [2.75, 3.05) is 26.2 Å². The molecule has 0 spiro atoms. The number of hydrogen-bond donors (Lipinski definition) is 0. The summed E-state index contributed by atoms with van der Waals surface area (Å²) >= 11 is 6.12. The molecular weight excluding hydrogens is 293 g/mol. The molecule has 1 aromatic heterocycles. The molecule has 1 saturated heterocycles. The van der Waals surface area contributed by atoms with E-state index < -0.39 is 0 Å². The molecule has 21 heavy (non-hydrogen) atoms. The zero-order valence-corrected chi connectivity index (χ0v) is 12.3. The van der Waals surface area contributed by atoms with Gasteiger partial charge in [0.2, 0.25) is 0 Å². The summed E-state index contributed by atoms with van der Waals surface area (Å²) in [6.45, 7) is 4.13. The highest BCUT2D eigenvalue weighted by molar-refractivity contribution is 6.31. The molecule has 1 aliphatic rings. The minimum Gasteiger partial charge on any atom is -0.371 e. The summed E-state index contributed by atoms with van der Waals surface area (Å²) < 4.78 is 21.0. The van der Waals surface area contributed by atoms with Crippen LogP contribution in [0, 0.1) is 5.82 Å². The summed E-state index contributed by atoms with van der Waals surface area (Å²) in [5.41, 5.74) is 0.852. The first-order valence-electron chi connectivity index (χ1n) is 6.97. The Morgan fingerprint density at radius 1 is 1.38 bits per heavy atom. The number of nitrogens with zero attached hydrogens (tertiary/aromatic N) is 3. The molecule has 0 saturated carbocycles. The van der Waals surface area contributed by atoms with Crippen molar-refractivity contribution in [2.45, 2.75) is 12.6 Å². The third-order valence-corrected chi connectivity index (χ3v) is 4.02. The number of aromatic nitrogens is 2. The van der Waals surface area contributed by atoms with Crippen LogP contribution in [-0.2, 0) is 11.3 Å². The number of imidazole rings is 1. The van der Waals surface area contributed by atoms with Crippen LogP contribution in [0.2, 0.25) is 5.02 Å². The molecule has 2 aromatic rings. The lowest BCUT2D eigenvalue weighted by atomic mass is 10.1. The van der Waals surface area contributed by atoms with E-state index in [1.54, 1.807) is 12.3 Å². The van der Waals surface area contributed by atoms with Gasteiger partial charge in [-0.15, -0.1) is 0 Å². The van der Waals surface area contributed by atoms with Gasteiger partial charge in [-0.3, -0.25) is 4.90 Å². The average molecular weight is 310 g/mol. The summed E-state index contributed by atoms with van der Waals surface area (Å²) in [4.78, 5) is 6.36. The minimum atomic E-state index is -0.323. The van der Waals surface area contributed by atoms with Gasteiger partial charge in [0.15, 0.2) is 0 Å². The fourth-order valence-corrected chi connectivity index (χ4v) is 2.82. The van der Waals surface area contributed by atoms with Crippen molar-refractivity contribution in [2.24, 2.45) is 0 Å². The van der Waals surface area contributed by atoms with Crippen LogP contribution in [0.4, 0.5) is 4.39 Å². The lowest BCUT2D eigenvalue weighted by Crippen LogP contribution is -2.40. The highest BCUT2D eigenvalue weighted by atomic mass is 35.5. The third kappa shape index (κ3) is 3.61. The van der Waals surface area contributed by atoms with Crippen molar-refractivity contribution in [1.82, 2.24) is 14.5 Å². The van der Waals surface area contributed by atoms with E-state index in [1.165, 1.54) is 12.1 Å². The van der Waals surface area contributed by atoms with Gasteiger partial charge >= 0.3 is 0 Å². The van der Waals surface area contributed by atoms with Crippen LogP contribution in [0.5, 0.6) is 0 Å². The second kappa shape index (κ2) is 6.56. The van der Waals surface area contributed by atoms with E-state index in [1.807, 2.05) is 12.5 Å². The van der Waals surface area contributed by atoms with Gasteiger partial charge in [-0.25, -0.2) is 9.37 Å². The first kappa shape index (κ1) is 14.5. The van der Waals surface area contributed by atoms with Gasteiger partial charge < -0.3 is 9.30 Å². The summed E-state index contributed by atoms with van der Waals surface area (Å²) in [6, 6.07) is 4.47. The molecular formula is C15H17ClFN3O. The lowest BCUT2D eigenvalue weighted by Gasteiger charge is -2.33. The van der Waals surface area contributed by atoms with Crippen LogP contribution in [0.1, 0.15) is 11.7 Å². The van der Waals surface area contributed by atoms with Crippen molar-refractivity contribution < 1.29 is 9.13 Å². The maximum atomic E-state index is 13.1. The van der Waals surface area contributed by atoms with Crippen molar-refractivity contribution in [3.05, 3.63) is 53.3 Å². The van der Waals surface area contributed by atoms with Crippen LogP contribution >= 0.6 is 11.6 Å². The zero-order valence-electron chi connectivity index (χ0n) is 11.6. The van der Waals surface area contributed by atoms with Crippen LogP contribution in [0.3, 0.4) is 0 Å². The lowest BCUT2D eigenvalue weighted by molar-refractivity contribution is -0.0308. The fourth-order valence-electron chi connectivity index (χ4n) is 2.53. The van der Waals surface area contributed by atoms with Crippen molar-refractivity contribution in [3.8, 4) is 0 Å². The second-order valence-electron chi connectivity index (χ2n) is 5.13. The predicted octanol–water partition coefficient (Wildman–Crippen LogP) is 2.75. The number of ether oxygens (including phenoxy) is 1. The van der Waals surface area contributed by atoms with E-state index in [2.05, 4.69) is 14.5 Å². The molecule has 0 unspecified atom stereocenters. The molecule has 0 amide bonds. The van der Waals surface area contributed by atoms with Gasteiger partial charge in [0, 0.05) is 49.2 Å². The van der Waals surface area contributed by atoms with Gasteiger partial charge in [0.25, 0.3) is 0 Å². The number of benzene rings is 1. The van der Waals surface area contributed by atoms with Gasteiger partial charge in [0.05, 0.1) is 19.0 Å². The van der Waals surface area contributed by atoms with Gasteiger partial charge in [-0.05, 0) is 12.1 Å². The second-order valence-corrected chi connectivity index (χ2v) is 5.53. The Kier molecular flexibility index (Phi) is 4.53. The molecule has 4 nitrogen and oxygen atoms in total. The van der Waals surface area contributed by atoms with Crippen molar-refractivity contribution in [3.63, 3.8) is 0 Å². The SMILES string of the molecule is Fc1ccc([C@@H]2CN(CCn3ccnc3)CCO2)c(Cl)c1. The molecule has 1 aromatic carbocycles.